The zero-order valence-electron chi connectivity index (χ0n) is 15.0. The van der Waals surface area contributed by atoms with Crippen molar-refractivity contribution in [1.82, 2.24) is 14.5 Å². The number of nitrogens with zero attached hydrogens (tertiary/aromatic N) is 3. The summed E-state index contributed by atoms with van der Waals surface area (Å²) in [5, 5.41) is 12.2. The van der Waals surface area contributed by atoms with Crippen LogP contribution in [-0.4, -0.2) is 26.8 Å². The number of methoxy groups -OCH3 is 1. The summed E-state index contributed by atoms with van der Waals surface area (Å²) in [5.74, 6) is 0.756. The summed E-state index contributed by atoms with van der Waals surface area (Å²) in [5.41, 5.74) is 10.3. The van der Waals surface area contributed by atoms with Gasteiger partial charge in [0.25, 0.3) is 0 Å². The molecule has 4 aromatic rings. The van der Waals surface area contributed by atoms with E-state index >= 15 is 0 Å². The number of para-hydroxylation sites is 1. The summed E-state index contributed by atoms with van der Waals surface area (Å²) < 4.78 is 7.35. The number of pyridine rings is 2. The Bertz CT molecular complexity index is 1180. The van der Waals surface area contributed by atoms with Gasteiger partial charge in [0.05, 0.1) is 29.2 Å². The zero-order valence-corrected chi connectivity index (χ0v) is 15.0. The quantitative estimate of drug-likeness (QED) is 0.570. The van der Waals surface area contributed by atoms with Crippen LogP contribution in [0.2, 0.25) is 0 Å². The summed E-state index contributed by atoms with van der Waals surface area (Å²) in [6.45, 7) is 0. The van der Waals surface area contributed by atoms with Gasteiger partial charge in [-0.15, -0.1) is 0 Å². The van der Waals surface area contributed by atoms with Crippen LogP contribution in [0, 0.1) is 0 Å². The van der Waals surface area contributed by atoms with Crippen molar-refractivity contribution in [2.45, 2.75) is 25.3 Å². The van der Waals surface area contributed by atoms with Gasteiger partial charge in [0.2, 0.25) is 11.8 Å². The molecule has 1 saturated carbocycles. The largest absolute Gasteiger partial charge is 0.494 e. The van der Waals surface area contributed by atoms with E-state index in [2.05, 4.69) is 4.98 Å². The molecule has 0 bridgehead atoms. The van der Waals surface area contributed by atoms with Gasteiger partial charge < -0.3 is 20.1 Å². The molecular weight excluding hydrogens is 340 g/mol. The predicted octanol–water partition coefficient (Wildman–Crippen LogP) is 4.27. The smallest absolute Gasteiger partial charge is 0.221 e. The molecule has 0 atom stereocenters. The maximum absolute atomic E-state index is 10.7. The fourth-order valence-corrected chi connectivity index (χ4v) is 3.90. The summed E-state index contributed by atoms with van der Waals surface area (Å²) >= 11 is 0. The van der Waals surface area contributed by atoms with Crippen molar-refractivity contribution in [1.29, 1.82) is 0 Å². The Morgan fingerprint density at radius 1 is 1.19 bits per heavy atom. The van der Waals surface area contributed by atoms with Gasteiger partial charge in [0, 0.05) is 34.9 Å². The standard InChI is InChI=1S/C21H20N4O2/c1-27-20-14(9-4-10-23-20)13-7-3-8-15-18(22)17-16(24-19(13)15)11-25(21(17)26)12-5-2-6-12/h3-4,7-12,26H,2,5-6,22H2,1H3. The van der Waals surface area contributed by atoms with E-state index in [1.807, 2.05) is 41.1 Å². The minimum absolute atomic E-state index is 0.214. The van der Waals surface area contributed by atoms with E-state index in [-0.39, 0.29) is 5.88 Å². The first-order valence-electron chi connectivity index (χ1n) is 9.10. The Kier molecular flexibility index (Phi) is 3.47. The molecule has 0 saturated heterocycles. The molecule has 1 aliphatic carbocycles. The molecule has 1 aromatic carbocycles. The van der Waals surface area contributed by atoms with Gasteiger partial charge in [-0.25, -0.2) is 9.97 Å². The number of hydrogen-bond donors (Lipinski definition) is 2. The van der Waals surface area contributed by atoms with Crippen LogP contribution in [0.3, 0.4) is 0 Å². The van der Waals surface area contributed by atoms with Crippen LogP contribution >= 0.6 is 0 Å². The van der Waals surface area contributed by atoms with E-state index < -0.39 is 0 Å². The van der Waals surface area contributed by atoms with E-state index in [9.17, 15) is 5.11 Å². The number of benzene rings is 1. The maximum atomic E-state index is 10.7. The number of hydrogen-bond acceptors (Lipinski definition) is 5. The van der Waals surface area contributed by atoms with Crippen LogP contribution in [0.15, 0.2) is 42.7 Å². The SMILES string of the molecule is COc1ncccc1-c1cccc2c(N)c3c(O)n(C4CCC4)cc3nc12. The van der Waals surface area contributed by atoms with Crippen LogP contribution in [0.1, 0.15) is 25.3 Å². The van der Waals surface area contributed by atoms with Crippen molar-refractivity contribution >= 4 is 27.5 Å². The Labute approximate surface area is 156 Å². The molecule has 6 nitrogen and oxygen atoms in total. The molecule has 0 spiro atoms. The number of nitrogens with two attached hydrogens (primary N) is 1. The Hall–Kier alpha value is -3.28. The van der Waals surface area contributed by atoms with Gasteiger partial charge in [-0.3, -0.25) is 0 Å². The minimum Gasteiger partial charge on any atom is -0.494 e. The molecule has 0 aliphatic heterocycles. The zero-order chi connectivity index (χ0) is 18.5. The average Bonchev–Trinajstić information content (AvgIpc) is 2.96. The lowest BCUT2D eigenvalue weighted by molar-refractivity contribution is 0.283. The van der Waals surface area contributed by atoms with Crippen molar-refractivity contribution in [2.24, 2.45) is 0 Å². The van der Waals surface area contributed by atoms with Crippen molar-refractivity contribution < 1.29 is 9.84 Å². The first-order chi connectivity index (χ1) is 13.2. The number of aromatic hydroxyl groups is 1. The number of fused-ring (bicyclic) bond motifs is 2. The molecule has 5 rings (SSSR count). The van der Waals surface area contributed by atoms with Gasteiger partial charge >= 0.3 is 0 Å². The van der Waals surface area contributed by atoms with Crippen molar-refractivity contribution in [3.8, 4) is 22.9 Å². The Morgan fingerprint density at radius 3 is 2.74 bits per heavy atom. The van der Waals surface area contributed by atoms with E-state index in [0.717, 1.165) is 34.9 Å². The Balaban J connectivity index is 1.82. The third-order valence-corrected chi connectivity index (χ3v) is 5.54. The normalized spacial score (nSPS) is 14.6. The van der Waals surface area contributed by atoms with E-state index in [4.69, 9.17) is 15.5 Å². The summed E-state index contributed by atoms with van der Waals surface area (Å²) in [4.78, 5) is 9.17. The molecule has 0 unspecified atom stereocenters. The highest BCUT2D eigenvalue weighted by molar-refractivity contribution is 6.12. The second kappa shape index (κ2) is 5.87. The van der Waals surface area contributed by atoms with Gasteiger partial charge in [0.15, 0.2) is 0 Å². The first kappa shape index (κ1) is 15.9. The fraction of sp³-hybridized carbons (Fsp3) is 0.238. The summed E-state index contributed by atoms with van der Waals surface area (Å²) in [6.07, 6.45) is 6.96. The maximum Gasteiger partial charge on any atom is 0.221 e. The van der Waals surface area contributed by atoms with Crippen LogP contribution < -0.4 is 10.5 Å². The van der Waals surface area contributed by atoms with Gasteiger partial charge in [-0.1, -0.05) is 18.2 Å². The van der Waals surface area contributed by atoms with Crippen LogP contribution in [0.5, 0.6) is 11.8 Å². The number of anilines is 1. The molecule has 6 heteroatoms. The highest BCUT2D eigenvalue weighted by Crippen LogP contribution is 2.43. The van der Waals surface area contributed by atoms with E-state index in [0.29, 0.717) is 28.5 Å². The van der Waals surface area contributed by atoms with Gasteiger partial charge in [-0.05, 0) is 31.4 Å². The van der Waals surface area contributed by atoms with E-state index in [1.54, 1.807) is 13.3 Å². The fourth-order valence-electron chi connectivity index (χ4n) is 3.90. The molecule has 136 valence electrons. The lowest BCUT2D eigenvalue weighted by Gasteiger charge is -2.27. The topological polar surface area (TPSA) is 86.2 Å². The highest BCUT2D eigenvalue weighted by atomic mass is 16.5. The van der Waals surface area contributed by atoms with Crippen LogP contribution in [0.25, 0.3) is 32.9 Å². The number of aromatic nitrogens is 3. The molecule has 0 amide bonds. The predicted molar refractivity (Wildman–Crippen MR) is 106 cm³/mol. The summed E-state index contributed by atoms with van der Waals surface area (Å²) in [7, 11) is 1.60. The molecule has 0 radical (unpaired) electrons. The minimum atomic E-state index is 0.214. The van der Waals surface area contributed by atoms with Gasteiger partial charge in [0.1, 0.15) is 0 Å². The van der Waals surface area contributed by atoms with Crippen LogP contribution in [0.4, 0.5) is 5.69 Å². The molecule has 1 aliphatic rings. The molecule has 1 fully saturated rings. The third kappa shape index (κ3) is 2.26. The molecule has 3 heterocycles. The lowest BCUT2D eigenvalue weighted by Crippen LogP contribution is -2.15. The average molecular weight is 360 g/mol. The van der Waals surface area contributed by atoms with Crippen molar-refractivity contribution in [2.75, 3.05) is 12.8 Å². The number of ether oxygens (including phenoxy) is 1. The lowest BCUT2D eigenvalue weighted by atomic mass is 9.93. The monoisotopic (exact) mass is 360 g/mol. The van der Waals surface area contributed by atoms with Crippen LogP contribution in [-0.2, 0) is 0 Å². The molecule has 3 N–H and O–H groups in total. The third-order valence-electron chi connectivity index (χ3n) is 5.54. The van der Waals surface area contributed by atoms with Crippen molar-refractivity contribution in [3.63, 3.8) is 0 Å². The summed E-state index contributed by atoms with van der Waals surface area (Å²) in [6, 6.07) is 10.0. The second-order valence-electron chi connectivity index (χ2n) is 6.99. The number of rotatable bonds is 3. The first-order valence-corrected chi connectivity index (χ1v) is 9.10. The van der Waals surface area contributed by atoms with Crippen molar-refractivity contribution in [3.05, 3.63) is 42.7 Å². The molecule has 27 heavy (non-hydrogen) atoms. The highest BCUT2D eigenvalue weighted by Gasteiger charge is 2.25. The van der Waals surface area contributed by atoms with E-state index in [1.165, 1.54) is 6.42 Å². The number of nitrogen functional groups attached to an aromatic ring is 1. The second-order valence-corrected chi connectivity index (χ2v) is 6.99. The molecular formula is C21H20N4O2. The molecule has 3 aromatic heterocycles. The van der Waals surface area contributed by atoms with Gasteiger partial charge in [-0.2, -0.15) is 0 Å². The Morgan fingerprint density at radius 2 is 2.00 bits per heavy atom.